The lowest BCUT2D eigenvalue weighted by atomic mass is 10.1. The van der Waals surface area contributed by atoms with E-state index in [-0.39, 0.29) is 22.0 Å². The zero-order chi connectivity index (χ0) is 26.9. The number of nitrogens with zero attached hydrogens (tertiary/aromatic N) is 8. The number of nitrogens with one attached hydrogen (secondary N) is 2. The van der Waals surface area contributed by atoms with Gasteiger partial charge in [-0.15, -0.1) is 10.2 Å². The number of carbonyl (C=O) groups excluding carboxylic acids is 1. The number of halogens is 3. The highest BCUT2D eigenvalue weighted by molar-refractivity contribution is 7.15. The largest absolute Gasteiger partial charge is 0.445 e. The summed E-state index contributed by atoms with van der Waals surface area (Å²) in [5.41, 5.74) is 2.68. The Hall–Kier alpha value is -3.98. The number of hydrogen-bond donors (Lipinski definition) is 2. The normalized spacial score (nSPS) is 14.9. The molecule has 0 unspecified atom stereocenters. The maximum Gasteiger partial charge on any atom is 0.445 e. The SMILES string of the molecule is Cc1ccc(C(=O)Nc2nnc(C(F)(F)F)s2)cc1Nc1ncnc2cnc(N3CCCN(C)CC3)nc12. The molecule has 38 heavy (non-hydrogen) atoms. The summed E-state index contributed by atoms with van der Waals surface area (Å²) in [6.45, 7) is 5.39. The molecule has 15 heteroatoms. The van der Waals surface area contributed by atoms with E-state index >= 15 is 0 Å². The maximum atomic E-state index is 12.8. The second-order valence-electron chi connectivity index (χ2n) is 8.79. The predicted molar refractivity (Wildman–Crippen MR) is 137 cm³/mol. The summed E-state index contributed by atoms with van der Waals surface area (Å²) in [5.74, 6) is 0.400. The van der Waals surface area contributed by atoms with Crippen LogP contribution in [0.1, 0.15) is 27.3 Å². The van der Waals surface area contributed by atoms with E-state index in [1.807, 2.05) is 6.92 Å². The zero-order valence-corrected chi connectivity index (χ0v) is 21.3. The first kappa shape index (κ1) is 25.7. The summed E-state index contributed by atoms with van der Waals surface area (Å²) >= 11 is 0.256. The van der Waals surface area contributed by atoms with Crippen LogP contribution >= 0.6 is 11.3 Å². The van der Waals surface area contributed by atoms with Crippen LogP contribution in [0.2, 0.25) is 0 Å². The van der Waals surface area contributed by atoms with E-state index in [9.17, 15) is 18.0 Å². The molecule has 0 radical (unpaired) electrons. The molecule has 4 aromatic rings. The van der Waals surface area contributed by atoms with Gasteiger partial charge in [0.15, 0.2) is 5.82 Å². The van der Waals surface area contributed by atoms with E-state index in [4.69, 9.17) is 4.98 Å². The number of aromatic nitrogens is 6. The third-order valence-electron chi connectivity index (χ3n) is 6.01. The van der Waals surface area contributed by atoms with Crippen LogP contribution in [0.4, 0.5) is 35.8 Å². The van der Waals surface area contributed by atoms with Gasteiger partial charge >= 0.3 is 6.18 Å². The third-order valence-corrected chi connectivity index (χ3v) is 6.89. The standard InChI is InChI=1S/C23H23F3N10OS/c1-13-4-5-14(19(37)32-22-34-33-20(38-22)23(24,25)26)10-15(13)30-18-17-16(28-12-29-18)11-27-21(31-17)36-7-3-6-35(2)8-9-36/h4-5,10-12H,3,6-9H2,1-2H3,(H,28,29,30)(H,32,34,37). The number of aryl methyl sites for hydroxylation is 1. The summed E-state index contributed by atoms with van der Waals surface area (Å²) in [6.07, 6.45) is -0.576. The molecule has 5 rings (SSSR count). The molecule has 1 fully saturated rings. The van der Waals surface area contributed by atoms with Crippen molar-refractivity contribution in [2.24, 2.45) is 0 Å². The first-order valence-electron chi connectivity index (χ1n) is 11.7. The number of benzene rings is 1. The van der Waals surface area contributed by atoms with Gasteiger partial charge in [0, 0.05) is 30.9 Å². The fourth-order valence-electron chi connectivity index (χ4n) is 3.92. The van der Waals surface area contributed by atoms with Crippen LogP contribution in [0, 0.1) is 6.92 Å². The van der Waals surface area contributed by atoms with Crippen molar-refractivity contribution in [2.75, 3.05) is 48.8 Å². The molecular weight excluding hydrogens is 521 g/mol. The first-order chi connectivity index (χ1) is 18.2. The molecule has 1 saturated heterocycles. The van der Waals surface area contributed by atoms with Crippen molar-refractivity contribution >= 4 is 50.9 Å². The van der Waals surface area contributed by atoms with E-state index in [1.54, 1.807) is 24.4 Å². The van der Waals surface area contributed by atoms with Gasteiger partial charge < -0.3 is 15.1 Å². The Morgan fingerprint density at radius 2 is 1.92 bits per heavy atom. The van der Waals surface area contributed by atoms with Gasteiger partial charge in [-0.2, -0.15) is 13.2 Å². The van der Waals surface area contributed by atoms with Crippen molar-refractivity contribution in [2.45, 2.75) is 19.5 Å². The number of likely N-dealkylation sites (N-methyl/N-ethyl adjacent to an activating group) is 1. The number of anilines is 4. The van der Waals surface area contributed by atoms with Crippen molar-refractivity contribution < 1.29 is 18.0 Å². The van der Waals surface area contributed by atoms with Crippen LogP contribution in [-0.2, 0) is 6.18 Å². The van der Waals surface area contributed by atoms with Gasteiger partial charge in [0.2, 0.25) is 16.1 Å². The quantitative estimate of drug-likeness (QED) is 0.384. The van der Waals surface area contributed by atoms with E-state index in [0.29, 0.717) is 28.5 Å². The smallest absolute Gasteiger partial charge is 0.339 e. The fraction of sp³-hybridized carbons (Fsp3) is 0.348. The Kier molecular flexibility index (Phi) is 7.03. The van der Waals surface area contributed by atoms with Gasteiger partial charge in [0.25, 0.3) is 5.91 Å². The highest BCUT2D eigenvalue weighted by Gasteiger charge is 2.35. The number of alkyl halides is 3. The van der Waals surface area contributed by atoms with Crippen molar-refractivity contribution in [1.82, 2.24) is 35.0 Å². The summed E-state index contributed by atoms with van der Waals surface area (Å²) in [5, 5.41) is 10.7. The number of carbonyl (C=O) groups is 1. The molecular formula is C23H23F3N10OS. The van der Waals surface area contributed by atoms with Crippen LogP contribution in [0.5, 0.6) is 0 Å². The molecule has 0 aliphatic carbocycles. The monoisotopic (exact) mass is 544 g/mol. The molecule has 4 heterocycles. The first-order valence-corrected chi connectivity index (χ1v) is 12.5. The molecule has 1 amide bonds. The molecule has 3 aromatic heterocycles. The van der Waals surface area contributed by atoms with Gasteiger partial charge in [-0.05, 0) is 44.6 Å². The average molecular weight is 545 g/mol. The molecule has 1 aliphatic heterocycles. The minimum Gasteiger partial charge on any atom is -0.339 e. The van der Waals surface area contributed by atoms with Crippen molar-refractivity contribution in [3.63, 3.8) is 0 Å². The topological polar surface area (TPSA) is 125 Å². The highest BCUT2D eigenvalue weighted by atomic mass is 32.1. The lowest BCUT2D eigenvalue weighted by molar-refractivity contribution is -0.138. The number of fused-ring (bicyclic) bond motifs is 1. The predicted octanol–water partition coefficient (Wildman–Crippen LogP) is 3.74. The highest BCUT2D eigenvalue weighted by Crippen LogP contribution is 2.33. The minimum absolute atomic E-state index is 0.212. The summed E-state index contributed by atoms with van der Waals surface area (Å²) in [7, 11) is 2.09. The lowest BCUT2D eigenvalue weighted by Crippen LogP contribution is -2.30. The van der Waals surface area contributed by atoms with Crippen LogP contribution in [0.25, 0.3) is 11.0 Å². The Bertz CT molecular complexity index is 1480. The van der Waals surface area contributed by atoms with E-state index < -0.39 is 17.1 Å². The van der Waals surface area contributed by atoms with Gasteiger partial charge in [-0.3, -0.25) is 10.1 Å². The van der Waals surface area contributed by atoms with Crippen LogP contribution in [0.3, 0.4) is 0 Å². The summed E-state index contributed by atoms with van der Waals surface area (Å²) in [6, 6.07) is 4.86. The number of hydrogen-bond acceptors (Lipinski definition) is 11. The zero-order valence-electron chi connectivity index (χ0n) is 20.5. The van der Waals surface area contributed by atoms with Gasteiger partial charge in [-0.1, -0.05) is 17.4 Å². The number of amides is 1. The Morgan fingerprint density at radius 1 is 1.08 bits per heavy atom. The molecule has 0 atom stereocenters. The van der Waals surface area contributed by atoms with Crippen molar-refractivity contribution in [3.05, 3.63) is 46.9 Å². The molecule has 11 nitrogen and oxygen atoms in total. The van der Waals surface area contributed by atoms with Gasteiger partial charge in [0.05, 0.1) is 6.20 Å². The Labute approximate surface area is 219 Å². The molecule has 0 spiro atoms. The van der Waals surface area contributed by atoms with Gasteiger partial charge in [-0.25, -0.2) is 19.9 Å². The second kappa shape index (κ2) is 10.4. The lowest BCUT2D eigenvalue weighted by Gasteiger charge is -2.20. The Morgan fingerprint density at radius 3 is 2.71 bits per heavy atom. The second-order valence-corrected chi connectivity index (χ2v) is 9.77. The Balaban J connectivity index is 1.39. The molecule has 198 valence electrons. The van der Waals surface area contributed by atoms with E-state index in [1.165, 1.54) is 6.33 Å². The van der Waals surface area contributed by atoms with Crippen LogP contribution in [-0.4, -0.2) is 74.2 Å². The molecule has 2 N–H and O–H groups in total. The summed E-state index contributed by atoms with van der Waals surface area (Å²) in [4.78, 5) is 35.0. The average Bonchev–Trinajstić information content (AvgIpc) is 3.26. The third kappa shape index (κ3) is 5.62. The van der Waals surface area contributed by atoms with Gasteiger partial charge in [0.1, 0.15) is 17.4 Å². The van der Waals surface area contributed by atoms with Crippen LogP contribution in [0.15, 0.2) is 30.7 Å². The van der Waals surface area contributed by atoms with Crippen molar-refractivity contribution in [1.29, 1.82) is 0 Å². The molecule has 1 aliphatic rings. The van der Waals surface area contributed by atoms with Crippen LogP contribution < -0.4 is 15.5 Å². The maximum absolute atomic E-state index is 12.8. The fourth-order valence-corrected chi connectivity index (χ4v) is 4.52. The summed E-state index contributed by atoms with van der Waals surface area (Å²) < 4.78 is 38.4. The van der Waals surface area contributed by atoms with Crippen molar-refractivity contribution in [3.8, 4) is 0 Å². The molecule has 0 bridgehead atoms. The number of rotatable bonds is 5. The van der Waals surface area contributed by atoms with E-state index in [2.05, 4.69) is 52.6 Å². The van der Waals surface area contributed by atoms with E-state index in [0.717, 1.165) is 38.2 Å². The molecule has 1 aromatic carbocycles. The molecule has 0 saturated carbocycles. The minimum atomic E-state index is -4.63.